The Labute approximate surface area is 154 Å². The SMILES string of the molecule is CCCC(NC(=O)C1CCN(C(=O)c2ccco2)CC1)c1ccccc1. The normalized spacial score (nSPS) is 16.3. The molecule has 1 fully saturated rings. The first-order chi connectivity index (χ1) is 12.7. The predicted octanol–water partition coefficient (Wildman–Crippen LogP) is 3.79. The highest BCUT2D eigenvalue weighted by Gasteiger charge is 2.29. The minimum absolute atomic E-state index is 0.0429. The number of nitrogens with one attached hydrogen (secondary N) is 1. The molecule has 0 bridgehead atoms. The van der Waals surface area contributed by atoms with Crippen LogP contribution in [0.15, 0.2) is 53.1 Å². The molecule has 0 spiro atoms. The van der Waals surface area contributed by atoms with Crippen molar-refractivity contribution in [3.05, 3.63) is 60.1 Å². The molecule has 1 atom stereocenters. The van der Waals surface area contributed by atoms with E-state index in [1.54, 1.807) is 17.0 Å². The first-order valence-electron chi connectivity index (χ1n) is 9.37. The van der Waals surface area contributed by atoms with Crippen LogP contribution >= 0.6 is 0 Å². The molecule has 1 saturated heterocycles. The lowest BCUT2D eigenvalue weighted by Crippen LogP contribution is -2.43. The number of benzene rings is 1. The smallest absolute Gasteiger partial charge is 0.289 e. The van der Waals surface area contributed by atoms with Crippen molar-refractivity contribution in [3.63, 3.8) is 0 Å². The van der Waals surface area contributed by atoms with Crippen LogP contribution in [-0.2, 0) is 4.79 Å². The van der Waals surface area contributed by atoms with E-state index in [4.69, 9.17) is 4.42 Å². The van der Waals surface area contributed by atoms with Crippen LogP contribution in [0.25, 0.3) is 0 Å². The van der Waals surface area contributed by atoms with Crippen LogP contribution in [0.3, 0.4) is 0 Å². The molecule has 0 radical (unpaired) electrons. The molecular formula is C21H26N2O3. The molecule has 3 rings (SSSR count). The van der Waals surface area contributed by atoms with Gasteiger partial charge in [0.15, 0.2) is 5.76 Å². The van der Waals surface area contributed by atoms with E-state index >= 15 is 0 Å². The summed E-state index contributed by atoms with van der Waals surface area (Å²) in [7, 11) is 0. The molecule has 0 aliphatic carbocycles. The number of furan rings is 1. The molecule has 1 unspecified atom stereocenters. The topological polar surface area (TPSA) is 62.6 Å². The summed E-state index contributed by atoms with van der Waals surface area (Å²) in [6.07, 6.45) is 4.81. The van der Waals surface area contributed by atoms with Crippen molar-refractivity contribution in [1.82, 2.24) is 10.2 Å². The minimum atomic E-state index is -0.0954. The Bertz CT molecular complexity index is 704. The number of amides is 2. The van der Waals surface area contributed by atoms with Crippen molar-refractivity contribution < 1.29 is 14.0 Å². The molecule has 26 heavy (non-hydrogen) atoms. The van der Waals surface area contributed by atoms with Crippen molar-refractivity contribution >= 4 is 11.8 Å². The molecule has 2 heterocycles. The summed E-state index contributed by atoms with van der Waals surface area (Å²) in [6.45, 7) is 3.30. The quantitative estimate of drug-likeness (QED) is 0.858. The molecule has 2 aromatic rings. The number of nitrogens with zero attached hydrogens (tertiary/aromatic N) is 1. The largest absolute Gasteiger partial charge is 0.459 e. The molecule has 2 amide bonds. The maximum absolute atomic E-state index is 12.7. The molecule has 1 aliphatic rings. The summed E-state index contributed by atoms with van der Waals surface area (Å²) in [4.78, 5) is 26.8. The van der Waals surface area contributed by atoms with Gasteiger partial charge in [0.1, 0.15) is 0 Å². The van der Waals surface area contributed by atoms with Gasteiger partial charge in [-0.05, 0) is 37.0 Å². The summed E-state index contributed by atoms with van der Waals surface area (Å²) < 4.78 is 5.18. The van der Waals surface area contributed by atoms with E-state index in [1.807, 2.05) is 18.2 Å². The fourth-order valence-corrected chi connectivity index (χ4v) is 3.49. The van der Waals surface area contributed by atoms with E-state index in [2.05, 4.69) is 24.4 Å². The number of piperidine rings is 1. The van der Waals surface area contributed by atoms with Gasteiger partial charge in [-0.25, -0.2) is 0 Å². The second kappa shape index (κ2) is 8.70. The molecular weight excluding hydrogens is 328 g/mol. The number of likely N-dealkylation sites (tertiary alicyclic amines) is 1. The van der Waals surface area contributed by atoms with Crippen molar-refractivity contribution in [2.75, 3.05) is 13.1 Å². The first kappa shape index (κ1) is 18.2. The van der Waals surface area contributed by atoms with E-state index in [0.29, 0.717) is 31.7 Å². The van der Waals surface area contributed by atoms with Gasteiger partial charge in [0, 0.05) is 19.0 Å². The second-order valence-electron chi connectivity index (χ2n) is 6.80. The average Bonchev–Trinajstić information content (AvgIpc) is 3.22. The number of carbonyl (C=O) groups excluding carboxylic acids is 2. The van der Waals surface area contributed by atoms with Crippen LogP contribution < -0.4 is 5.32 Å². The highest BCUT2D eigenvalue weighted by atomic mass is 16.3. The Balaban J connectivity index is 1.55. The summed E-state index contributed by atoms with van der Waals surface area (Å²) in [6, 6.07) is 13.6. The summed E-state index contributed by atoms with van der Waals surface area (Å²) in [5.41, 5.74) is 1.15. The monoisotopic (exact) mass is 354 g/mol. The van der Waals surface area contributed by atoms with Crippen molar-refractivity contribution in [1.29, 1.82) is 0 Å². The van der Waals surface area contributed by atoms with E-state index in [-0.39, 0.29) is 23.8 Å². The highest BCUT2D eigenvalue weighted by Crippen LogP contribution is 2.23. The molecule has 1 aliphatic heterocycles. The number of hydrogen-bond acceptors (Lipinski definition) is 3. The van der Waals surface area contributed by atoms with Gasteiger partial charge in [0.25, 0.3) is 5.91 Å². The van der Waals surface area contributed by atoms with Gasteiger partial charge >= 0.3 is 0 Å². The van der Waals surface area contributed by atoms with E-state index in [9.17, 15) is 9.59 Å². The zero-order valence-corrected chi connectivity index (χ0v) is 15.2. The average molecular weight is 354 g/mol. The van der Waals surface area contributed by atoms with Crippen molar-refractivity contribution in [2.45, 2.75) is 38.6 Å². The lowest BCUT2D eigenvalue weighted by Gasteiger charge is -2.31. The van der Waals surface area contributed by atoms with Crippen LogP contribution in [-0.4, -0.2) is 29.8 Å². The van der Waals surface area contributed by atoms with Gasteiger partial charge < -0.3 is 14.6 Å². The second-order valence-corrected chi connectivity index (χ2v) is 6.80. The molecule has 1 N–H and O–H groups in total. The zero-order chi connectivity index (χ0) is 18.4. The molecule has 1 aromatic heterocycles. The van der Waals surface area contributed by atoms with Gasteiger partial charge in [-0.2, -0.15) is 0 Å². The summed E-state index contributed by atoms with van der Waals surface area (Å²) >= 11 is 0. The minimum Gasteiger partial charge on any atom is -0.459 e. The van der Waals surface area contributed by atoms with Crippen LogP contribution in [0, 0.1) is 5.92 Å². The van der Waals surface area contributed by atoms with E-state index < -0.39 is 0 Å². The highest BCUT2D eigenvalue weighted by molar-refractivity contribution is 5.91. The van der Waals surface area contributed by atoms with Gasteiger partial charge in [-0.15, -0.1) is 0 Å². The van der Waals surface area contributed by atoms with Crippen molar-refractivity contribution in [2.24, 2.45) is 5.92 Å². The lowest BCUT2D eigenvalue weighted by molar-refractivity contribution is -0.127. The molecule has 138 valence electrons. The molecule has 5 heteroatoms. The van der Waals surface area contributed by atoms with Crippen LogP contribution in [0.4, 0.5) is 0 Å². The maximum atomic E-state index is 12.7. The third kappa shape index (κ3) is 4.34. The van der Waals surface area contributed by atoms with Crippen molar-refractivity contribution in [3.8, 4) is 0 Å². The zero-order valence-electron chi connectivity index (χ0n) is 15.2. The van der Waals surface area contributed by atoms with E-state index in [0.717, 1.165) is 18.4 Å². The number of rotatable bonds is 6. The summed E-state index contributed by atoms with van der Waals surface area (Å²) in [5.74, 6) is 0.318. The summed E-state index contributed by atoms with van der Waals surface area (Å²) in [5, 5.41) is 3.21. The first-order valence-corrected chi connectivity index (χ1v) is 9.37. The van der Waals surface area contributed by atoms with Crippen LogP contribution in [0.1, 0.15) is 54.8 Å². The molecule has 1 aromatic carbocycles. The van der Waals surface area contributed by atoms with Gasteiger partial charge in [-0.3, -0.25) is 9.59 Å². The lowest BCUT2D eigenvalue weighted by atomic mass is 9.94. The Kier molecular flexibility index (Phi) is 6.10. The van der Waals surface area contributed by atoms with Gasteiger partial charge in [0.2, 0.25) is 5.91 Å². The van der Waals surface area contributed by atoms with Gasteiger partial charge in [-0.1, -0.05) is 43.7 Å². The fourth-order valence-electron chi connectivity index (χ4n) is 3.49. The van der Waals surface area contributed by atoms with E-state index in [1.165, 1.54) is 6.26 Å². The van der Waals surface area contributed by atoms with Gasteiger partial charge in [0.05, 0.1) is 12.3 Å². The number of carbonyl (C=O) groups is 2. The Hall–Kier alpha value is -2.56. The molecule has 5 nitrogen and oxygen atoms in total. The third-order valence-corrected chi connectivity index (χ3v) is 4.98. The Morgan fingerprint density at radius 3 is 2.50 bits per heavy atom. The molecule has 0 saturated carbocycles. The third-order valence-electron chi connectivity index (χ3n) is 4.98. The predicted molar refractivity (Wildman–Crippen MR) is 99.6 cm³/mol. The standard InChI is InChI=1S/C21H26N2O3/c1-2-7-18(16-8-4-3-5-9-16)22-20(24)17-11-13-23(14-12-17)21(25)19-10-6-15-26-19/h3-6,8-10,15,17-18H,2,7,11-14H2,1H3,(H,22,24). The maximum Gasteiger partial charge on any atom is 0.289 e. The number of hydrogen-bond donors (Lipinski definition) is 1. The fraction of sp³-hybridized carbons (Fsp3) is 0.429. The van der Waals surface area contributed by atoms with Crippen LogP contribution in [0.2, 0.25) is 0 Å². The Morgan fingerprint density at radius 2 is 1.88 bits per heavy atom. The van der Waals surface area contributed by atoms with Crippen LogP contribution in [0.5, 0.6) is 0 Å². The Morgan fingerprint density at radius 1 is 1.15 bits per heavy atom.